The van der Waals surface area contributed by atoms with Gasteiger partial charge in [-0.3, -0.25) is 0 Å². The van der Waals surface area contributed by atoms with Crippen LogP contribution < -0.4 is 0 Å². The van der Waals surface area contributed by atoms with E-state index in [9.17, 15) is 8.42 Å². The molecule has 19 heavy (non-hydrogen) atoms. The van der Waals surface area contributed by atoms with Crippen molar-refractivity contribution in [1.82, 2.24) is 9.29 Å². The Kier molecular flexibility index (Phi) is 3.50. The van der Waals surface area contributed by atoms with E-state index in [0.29, 0.717) is 24.9 Å². The van der Waals surface area contributed by atoms with E-state index in [-0.39, 0.29) is 15.1 Å². The Bertz CT molecular complexity index is 594. The molecule has 2 atom stereocenters. The lowest BCUT2D eigenvalue weighted by atomic mass is 10.0. The fraction of sp³-hybridized carbons (Fsp3) is 0.583. The van der Waals surface area contributed by atoms with E-state index in [1.165, 1.54) is 18.7 Å². The summed E-state index contributed by atoms with van der Waals surface area (Å²) in [5, 5.41) is 0.293. The van der Waals surface area contributed by atoms with Crippen LogP contribution in [0.4, 0.5) is 0 Å². The topological polar surface area (TPSA) is 50.3 Å². The molecule has 2 unspecified atom stereocenters. The van der Waals surface area contributed by atoms with Gasteiger partial charge in [-0.25, -0.2) is 13.4 Å². The van der Waals surface area contributed by atoms with Gasteiger partial charge in [0.2, 0.25) is 10.0 Å². The lowest BCUT2D eigenvalue weighted by Crippen LogP contribution is -2.29. The molecule has 1 aromatic rings. The van der Waals surface area contributed by atoms with E-state index in [0.717, 1.165) is 12.8 Å². The Labute approximate surface area is 122 Å². The molecule has 104 valence electrons. The first kappa shape index (κ1) is 13.6. The van der Waals surface area contributed by atoms with Gasteiger partial charge in [0.1, 0.15) is 10.0 Å². The molecule has 1 aliphatic carbocycles. The van der Waals surface area contributed by atoms with Crippen LogP contribution in [0.25, 0.3) is 0 Å². The van der Waals surface area contributed by atoms with Crippen molar-refractivity contribution in [2.24, 2.45) is 11.8 Å². The highest BCUT2D eigenvalue weighted by atomic mass is 35.5. The largest absolute Gasteiger partial charge is 0.244 e. The number of fused-ring (bicyclic) bond motifs is 1. The molecular weight excluding hydrogens is 307 g/mol. The smallest absolute Gasteiger partial charge is 0.242 e. The number of rotatable bonds is 2. The highest BCUT2D eigenvalue weighted by Crippen LogP contribution is 2.40. The van der Waals surface area contributed by atoms with Crippen molar-refractivity contribution >= 4 is 33.2 Å². The van der Waals surface area contributed by atoms with E-state index < -0.39 is 10.0 Å². The summed E-state index contributed by atoms with van der Waals surface area (Å²) in [6.07, 6.45) is 4.77. The summed E-state index contributed by atoms with van der Waals surface area (Å²) >= 11 is 11.6. The summed E-state index contributed by atoms with van der Waals surface area (Å²) in [5.74, 6) is 1.04. The zero-order chi connectivity index (χ0) is 13.6. The standard InChI is InChI=1S/C12H14Cl2N2O2S/c13-11-4-10(5-15-12(11)14)19(17,18)16-6-8-2-1-3-9(8)7-16/h4-5,8-9H,1-3,6-7H2. The number of hydrogen-bond donors (Lipinski definition) is 0. The van der Waals surface area contributed by atoms with Gasteiger partial charge >= 0.3 is 0 Å². The van der Waals surface area contributed by atoms with Crippen LogP contribution in [-0.2, 0) is 10.0 Å². The van der Waals surface area contributed by atoms with E-state index >= 15 is 0 Å². The highest BCUT2D eigenvalue weighted by Gasteiger charge is 2.41. The number of sulfonamides is 1. The molecule has 0 aromatic carbocycles. The van der Waals surface area contributed by atoms with Crippen LogP contribution in [0.5, 0.6) is 0 Å². The number of aromatic nitrogens is 1. The van der Waals surface area contributed by atoms with Gasteiger partial charge in [-0.1, -0.05) is 29.6 Å². The molecule has 7 heteroatoms. The third-order valence-electron chi connectivity index (χ3n) is 4.10. The van der Waals surface area contributed by atoms with Crippen molar-refractivity contribution in [3.8, 4) is 0 Å². The first-order valence-electron chi connectivity index (χ1n) is 6.29. The van der Waals surface area contributed by atoms with Crippen molar-refractivity contribution in [3.05, 3.63) is 22.4 Å². The maximum Gasteiger partial charge on any atom is 0.244 e. The molecular formula is C12H14Cl2N2O2S. The van der Waals surface area contributed by atoms with Gasteiger partial charge in [0.05, 0.1) is 5.02 Å². The average molecular weight is 321 g/mol. The summed E-state index contributed by atoms with van der Waals surface area (Å²) in [6.45, 7) is 1.24. The Hall–Kier alpha value is -0.360. The van der Waals surface area contributed by atoms with Crippen LogP contribution in [0, 0.1) is 11.8 Å². The zero-order valence-corrected chi connectivity index (χ0v) is 12.5. The molecule has 0 N–H and O–H groups in total. The second-order valence-electron chi connectivity index (χ2n) is 5.22. The molecule has 0 amide bonds. The minimum atomic E-state index is -3.49. The van der Waals surface area contributed by atoms with E-state index in [2.05, 4.69) is 4.98 Å². The van der Waals surface area contributed by atoms with Crippen LogP contribution in [0.1, 0.15) is 19.3 Å². The molecule has 2 fully saturated rings. The molecule has 4 nitrogen and oxygen atoms in total. The lowest BCUT2D eigenvalue weighted by Gasteiger charge is -2.17. The molecule has 2 heterocycles. The van der Waals surface area contributed by atoms with E-state index in [1.807, 2.05) is 0 Å². The van der Waals surface area contributed by atoms with Crippen LogP contribution >= 0.6 is 23.2 Å². The summed E-state index contributed by atoms with van der Waals surface area (Å²) in [6, 6.07) is 1.38. The van der Waals surface area contributed by atoms with Gasteiger partial charge in [-0.2, -0.15) is 4.31 Å². The molecule has 1 saturated heterocycles. The zero-order valence-electron chi connectivity index (χ0n) is 10.2. The van der Waals surface area contributed by atoms with Gasteiger partial charge in [-0.05, 0) is 30.7 Å². The molecule has 0 spiro atoms. The average Bonchev–Trinajstić information content (AvgIpc) is 2.93. The van der Waals surface area contributed by atoms with E-state index in [4.69, 9.17) is 23.2 Å². The number of halogens is 2. The molecule has 2 aliphatic rings. The monoisotopic (exact) mass is 320 g/mol. The predicted octanol–water partition coefficient (Wildman–Crippen LogP) is 2.81. The minimum Gasteiger partial charge on any atom is -0.242 e. The van der Waals surface area contributed by atoms with Gasteiger partial charge in [0, 0.05) is 19.3 Å². The van der Waals surface area contributed by atoms with Crippen molar-refractivity contribution in [2.75, 3.05) is 13.1 Å². The predicted molar refractivity (Wildman–Crippen MR) is 73.8 cm³/mol. The third-order valence-corrected chi connectivity index (χ3v) is 6.58. The fourth-order valence-corrected chi connectivity index (χ4v) is 4.94. The van der Waals surface area contributed by atoms with Gasteiger partial charge in [0.15, 0.2) is 0 Å². The normalized spacial score (nSPS) is 27.7. The highest BCUT2D eigenvalue weighted by molar-refractivity contribution is 7.89. The van der Waals surface area contributed by atoms with Crippen LogP contribution in [-0.4, -0.2) is 30.8 Å². The Morgan fingerprint density at radius 1 is 1.21 bits per heavy atom. The Morgan fingerprint density at radius 3 is 2.42 bits per heavy atom. The van der Waals surface area contributed by atoms with Crippen molar-refractivity contribution in [1.29, 1.82) is 0 Å². The first-order valence-corrected chi connectivity index (χ1v) is 8.49. The number of pyridine rings is 1. The molecule has 3 rings (SSSR count). The van der Waals surface area contributed by atoms with Gasteiger partial charge in [0.25, 0.3) is 0 Å². The summed E-state index contributed by atoms with van der Waals surface area (Å²) < 4.78 is 26.6. The summed E-state index contributed by atoms with van der Waals surface area (Å²) in [5.41, 5.74) is 0. The van der Waals surface area contributed by atoms with Crippen LogP contribution in [0.3, 0.4) is 0 Å². The first-order chi connectivity index (χ1) is 8.98. The molecule has 1 aliphatic heterocycles. The second-order valence-corrected chi connectivity index (χ2v) is 7.92. The quantitative estimate of drug-likeness (QED) is 0.787. The maximum atomic E-state index is 12.5. The third kappa shape index (κ3) is 2.37. The lowest BCUT2D eigenvalue weighted by molar-refractivity contribution is 0.445. The molecule has 1 saturated carbocycles. The Balaban J connectivity index is 1.88. The van der Waals surface area contributed by atoms with Crippen LogP contribution in [0.2, 0.25) is 10.2 Å². The molecule has 0 bridgehead atoms. The van der Waals surface area contributed by atoms with Gasteiger partial charge < -0.3 is 0 Å². The molecule has 0 radical (unpaired) electrons. The second kappa shape index (κ2) is 4.88. The SMILES string of the molecule is O=S(=O)(c1cnc(Cl)c(Cl)c1)N1CC2CCCC2C1. The van der Waals surface area contributed by atoms with Crippen molar-refractivity contribution in [3.63, 3.8) is 0 Å². The maximum absolute atomic E-state index is 12.5. The number of nitrogens with zero attached hydrogens (tertiary/aromatic N) is 2. The fourth-order valence-electron chi connectivity index (χ4n) is 3.08. The summed E-state index contributed by atoms with van der Waals surface area (Å²) in [7, 11) is -3.49. The Morgan fingerprint density at radius 2 is 1.84 bits per heavy atom. The van der Waals surface area contributed by atoms with Gasteiger partial charge in [-0.15, -0.1) is 0 Å². The molecule has 1 aromatic heterocycles. The van der Waals surface area contributed by atoms with Crippen molar-refractivity contribution in [2.45, 2.75) is 24.2 Å². The van der Waals surface area contributed by atoms with Crippen LogP contribution in [0.15, 0.2) is 17.2 Å². The van der Waals surface area contributed by atoms with E-state index in [1.54, 1.807) is 4.31 Å². The van der Waals surface area contributed by atoms with Crippen molar-refractivity contribution < 1.29 is 8.42 Å². The summed E-state index contributed by atoms with van der Waals surface area (Å²) in [4.78, 5) is 3.94. The number of hydrogen-bond acceptors (Lipinski definition) is 3. The minimum absolute atomic E-state index is 0.124.